The molecule has 0 bridgehead atoms. The van der Waals surface area contributed by atoms with E-state index in [2.05, 4.69) is 10.3 Å². The number of aromatic nitrogens is 2. The highest BCUT2D eigenvalue weighted by molar-refractivity contribution is 6.32. The zero-order valence-electron chi connectivity index (χ0n) is 9.18. The topological polar surface area (TPSA) is 104 Å². The van der Waals surface area contributed by atoms with Gasteiger partial charge in [0.15, 0.2) is 5.15 Å². The van der Waals surface area contributed by atoms with Crippen LogP contribution in [0, 0.1) is 0 Å². The SMILES string of the molecule is CC(=O)Nc1nc(Cl)c(NC(=O)C(F)(F)F)c(=O)[nH]1. The lowest BCUT2D eigenvalue weighted by Gasteiger charge is -2.09. The second-order valence-electron chi connectivity index (χ2n) is 3.21. The first-order valence-corrected chi connectivity index (χ1v) is 4.94. The molecule has 0 unspecified atom stereocenters. The Kier molecular flexibility index (Phi) is 4.14. The van der Waals surface area contributed by atoms with Gasteiger partial charge in [-0.2, -0.15) is 18.2 Å². The first-order chi connectivity index (χ1) is 8.61. The molecule has 0 atom stereocenters. The normalized spacial score (nSPS) is 11.0. The molecular weight excluding hydrogens is 293 g/mol. The van der Waals surface area contributed by atoms with Crippen LogP contribution in [0.1, 0.15) is 6.92 Å². The Labute approximate surface area is 108 Å². The van der Waals surface area contributed by atoms with Crippen LogP contribution in [-0.2, 0) is 9.59 Å². The highest BCUT2D eigenvalue weighted by Crippen LogP contribution is 2.20. The van der Waals surface area contributed by atoms with E-state index < -0.39 is 34.4 Å². The van der Waals surface area contributed by atoms with Gasteiger partial charge in [-0.25, -0.2) is 0 Å². The summed E-state index contributed by atoms with van der Waals surface area (Å²) in [5.74, 6) is -3.30. The number of nitrogens with zero attached hydrogens (tertiary/aromatic N) is 1. The van der Waals surface area contributed by atoms with Crippen LogP contribution in [0.5, 0.6) is 0 Å². The maximum atomic E-state index is 12.0. The standard InChI is InChI=1S/C8H6ClF3N4O3/c1-2(17)13-7-15-4(9)3(5(18)16-7)14-6(19)8(10,11)12/h1H3,(H,14,19)(H2,13,15,16,17,18). The molecule has 0 fully saturated rings. The van der Waals surface area contributed by atoms with Crippen molar-refractivity contribution < 1.29 is 22.8 Å². The summed E-state index contributed by atoms with van der Waals surface area (Å²) >= 11 is 5.45. The van der Waals surface area contributed by atoms with E-state index in [1.807, 2.05) is 4.98 Å². The summed E-state index contributed by atoms with van der Waals surface area (Å²) in [7, 11) is 0. The van der Waals surface area contributed by atoms with Gasteiger partial charge in [0.05, 0.1) is 0 Å². The molecular formula is C8H6ClF3N4O3. The number of rotatable bonds is 2. The van der Waals surface area contributed by atoms with Crippen LogP contribution < -0.4 is 16.2 Å². The van der Waals surface area contributed by atoms with Gasteiger partial charge in [0.1, 0.15) is 5.69 Å². The fourth-order valence-electron chi connectivity index (χ4n) is 0.964. The lowest BCUT2D eigenvalue weighted by atomic mass is 10.4. The van der Waals surface area contributed by atoms with Gasteiger partial charge in [0.2, 0.25) is 11.9 Å². The molecule has 0 saturated carbocycles. The van der Waals surface area contributed by atoms with Crippen molar-refractivity contribution in [2.24, 2.45) is 0 Å². The monoisotopic (exact) mass is 298 g/mol. The van der Waals surface area contributed by atoms with E-state index in [1.54, 1.807) is 0 Å². The molecule has 11 heteroatoms. The lowest BCUT2D eigenvalue weighted by Crippen LogP contribution is -2.33. The Balaban J connectivity index is 3.08. The van der Waals surface area contributed by atoms with Gasteiger partial charge in [0.25, 0.3) is 5.56 Å². The van der Waals surface area contributed by atoms with Crippen molar-refractivity contribution in [2.45, 2.75) is 13.1 Å². The number of H-pyrrole nitrogens is 1. The molecule has 0 radical (unpaired) electrons. The largest absolute Gasteiger partial charge is 0.471 e. The van der Waals surface area contributed by atoms with Crippen molar-refractivity contribution in [3.05, 3.63) is 15.5 Å². The van der Waals surface area contributed by atoms with E-state index in [0.717, 1.165) is 6.92 Å². The molecule has 104 valence electrons. The molecule has 0 aliphatic rings. The Hall–Kier alpha value is -2.10. The van der Waals surface area contributed by atoms with Crippen molar-refractivity contribution in [3.8, 4) is 0 Å². The second kappa shape index (κ2) is 5.26. The number of alkyl halides is 3. The number of amides is 2. The molecule has 0 spiro atoms. The van der Waals surface area contributed by atoms with E-state index in [4.69, 9.17) is 11.6 Å². The summed E-state index contributed by atoms with van der Waals surface area (Å²) in [4.78, 5) is 38.1. The number of hydrogen-bond donors (Lipinski definition) is 3. The van der Waals surface area contributed by atoms with E-state index in [9.17, 15) is 27.6 Å². The van der Waals surface area contributed by atoms with Crippen molar-refractivity contribution in [1.29, 1.82) is 0 Å². The van der Waals surface area contributed by atoms with Gasteiger partial charge in [-0.05, 0) is 0 Å². The maximum Gasteiger partial charge on any atom is 0.471 e. The molecule has 0 saturated heterocycles. The highest BCUT2D eigenvalue weighted by atomic mass is 35.5. The molecule has 19 heavy (non-hydrogen) atoms. The minimum Gasteiger partial charge on any atom is -0.311 e. The number of anilines is 2. The lowest BCUT2D eigenvalue weighted by molar-refractivity contribution is -0.167. The second-order valence-corrected chi connectivity index (χ2v) is 3.57. The van der Waals surface area contributed by atoms with E-state index in [0.29, 0.717) is 0 Å². The number of nitrogens with one attached hydrogen (secondary N) is 3. The summed E-state index contributed by atoms with van der Waals surface area (Å²) in [6.45, 7) is 1.12. The van der Waals surface area contributed by atoms with Gasteiger partial charge < -0.3 is 5.32 Å². The van der Waals surface area contributed by atoms with Crippen LogP contribution >= 0.6 is 11.6 Å². The Morgan fingerprint density at radius 3 is 2.32 bits per heavy atom. The van der Waals surface area contributed by atoms with Gasteiger partial charge in [0, 0.05) is 6.92 Å². The Morgan fingerprint density at radius 1 is 1.32 bits per heavy atom. The molecule has 1 aromatic rings. The number of halogens is 4. The molecule has 3 N–H and O–H groups in total. The quantitative estimate of drug-likeness (QED) is 0.705. The van der Waals surface area contributed by atoms with Crippen LogP contribution in [0.25, 0.3) is 0 Å². The Bertz CT molecular complexity index is 584. The van der Waals surface area contributed by atoms with Crippen LogP contribution in [0.3, 0.4) is 0 Å². The summed E-state index contributed by atoms with van der Waals surface area (Å²) in [6.07, 6.45) is -5.17. The first-order valence-electron chi connectivity index (χ1n) is 4.57. The average molecular weight is 299 g/mol. The molecule has 7 nitrogen and oxygen atoms in total. The average Bonchev–Trinajstić information content (AvgIpc) is 2.20. The number of hydrogen-bond acceptors (Lipinski definition) is 4. The maximum absolute atomic E-state index is 12.0. The zero-order valence-corrected chi connectivity index (χ0v) is 9.94. The third-order valence-electron chi connectivity index (χ3n) is 1.67. The van der Waals surface area contributed by atoms with E-state index in [1.165, 1.54) is 5.32 Å². The van der Waals surface area contributed by atoms with Crippen molar-refractivity contribution >= 4 is 35.1 Å². The third kappa shape index (κ3) is 3.95. The van der Waals surface area contributed by atoms with Crippen LogP contribution in [0.2, 0.25) is 5.15 Å². The molecule has 0 aliphatic carbocycles. The fourth-order valence-corrected chi connectivity index (χ4v) is 1.18. The van der Waals surface area contributed by atoms with Crippen molar-refractivity contribution in [1.82, 2.24) is 9.97 Å². The van der Waals surface area contributed by atoms with Gasteiger partial charge in [-0.15, -0.1) is 0 Å². The first kappa shape index (κ1) is 15.0. The number of carbonyl (C=O) groups excluding carboxylic acids is 2. The van der Waals surface area contributed by atoms with Crippen molar-refractivity contribution in [3.63, 3.8) is 0 Å². The molecule has 2 amide bonds. The van der Waals surface area contributed by atoms with Crippen LogP contribution in [0.15, 0.2) is 4.79 Å². The smallest absolute Gasteiger partial charge is 0.311 e. The Morgan fingerprint density at radius 2 is 1.89 bits per heavy atom. The van der Waals surface area contributed by atoms with E-state index in [-0.39, 0.29) is 5.95 Å². The summed E-state index contributed by atoms with van der Waals surface area (Å²) in [5.41, 5.74) is -2.00. The summed E-state index contributed by atoms with van der Waals surface area (Å²) in [5, 5.41) is 2.67. The third-order valence-corrected chi connectivity index (χ3v) is 1.94. The number of aromatic amines is 1. The summed E-state index contributed by atoms with van der Waals surface area (Å²) < 4.78 is 36.0. The van der Waals surface area contributed by atoms with Gasteiger partial charge in [-0.1, -0.05) is 11.6 Å². The molecule has 0 aliphatic heterocycles. The summed E-state index contributed by atoms with van der Waals surface area (Å²) in [6, 6.07) is 0. The molecule has 0 aromatic carbocycles. The van der Waals surface area contributed by atoms with E-state index >= 15 is 0 Å². The molecule has 1 heterocycles. The predicted octanol–water partition coefficient (Wildman–Crippen LogP) is 0.882. The van der Waals surface area contributed by atoms with Crippen LogP contribution in [-0.4, -0.2) is 28.0 Å². The predicted molar refractivity (Wildman–Crippen MR) is 58.9 cm³/mol. The minimum absolute atomic E-state index is 0.354. The fraction of sp³-hybridized carbons (Fsp3) is 0.250. The van der Waals surface area contributed by atoms with Gasteiger partial charge in [-0.3, -0.25) is 24.7 Å². The minimum atomic E-state index is -5.17. The molecule has 1 rings (SSSR count). The van der Waals surface area contributed by atoms with Crippen LogP contribution in [0.4, 0.5) is 24.8 Å². The van der Waals surface area contributed by atoms with Gasteiger partial charge >= 0.3 is 12.1 Å². The number of carbonyl (C=O) groups is 2. The molecule has 1 aromatic heterocycles. The van der Waals surface area contributed by atoms with Crippen molar-refractivity contribution in [2.75, 3.05) is 10.6 Å². The zero-order chi connectivity index (χ0) is 14.8. The highest BCUT2D eigenvalue weighted by Gasteiger charge is 2.39.